The van der Waals surface area contributed by atoms with Gasteiger partial charge in [-0.25, -0.2) is 4.79 Å². The van der Waals surface area contributed by atoms with Crippen LogP contribution in [0, 0.1) is 16.0 Å². The largest absolute Gasteiger partial charge is 0.480 e. The Morgan fingerprint density at radius 3 is 2.20 bits per heavy atom. The summed E-state index contributed by atoms with van der Waals surface area (Å²) < 4.78 is 16.0. The molecule has 4 saturated heterocycles. The Bertz CT molecular complexity index is 1940. The number of likely N-dealkylation sites (N-methyl/N-ethyl adjacent to an activating group) is 1. The van der Waals surface area contributed by atoms with E-state index in [0.29, 0.717) is 24.0 Å². The number of amides is 3. The van der Waals surface area contributed by atoms with Crippen molar-refractivity contribution in [3.63, 3.8) is 0 Å². The molecule has 4 aliphatic rings. The highest BCUT2D eigenvalue weighted by molar-refractivity contribution is 8.00. The van der Waals surface area contributed by atoms with Gasteiger partial charge >= 0.3 is 29.7 Å². The number of benzene rings is 1. The molecule has 3 amide bonds. The zero-order valence-electron chi connectivity index (χ0n) is 39.0. The number of nitro groups is 1. The molecule has 26 nitrogen and oxygen atoms in total. The van der Waals surface area contributed by atoms with E-state index in [9.17, 15) is 74.6 Å². The molecule has 0 aliphatic carbocycles. The van der Waals surface area contributed by atoms with E-state index < -0.39 is 84.6 Å². The van der Waals surface area contributed by atoms with Crippen LogP contribution in [0.25, 0.3) is 0 Å². The van der Waals surface area contributed by atoms with Crippen LogP contribution < -0.4 is 15.4 Å². The van der Waals surface area contributed by atoms with Gasteiger partial charge in [0.2, 0.25) is 18.1 Å². The quantitative estimate of drug-likeness (QED) is 0.0329. The number of aliphatic hydroxyl groups excluding tert-OH is 4. The number of carboxylic acids is 3. The van der Waals surface area contributed by atoms with Gasteiger partial charge in [-0.05, 0) is 36.1 Å². The van der Waals surface area contributed by atoms with Crippen molar-refractivity contribution in [3.05, 3.63) is 33.9 Å². The van der Waals surface area contributed by atoms with Crippen molar-refractivity contribution in [1.82, 2.24) is 35.1 Å². The number of nitrogens with one attached hydrogen (secondary N) is 2. The van der Waals surface area contributed by atoms with Crippen LogP contribution in [0.4, 0.5) is 10.5 Å². The summed E-state index contributed by atoms with van der Waals surface area (Å²) >= 11 is 1.85. The first-order valence-electron chi connectivity index (χ1n) is 23.2. The van der Waals surface area contributed by atoms with E-state index in [1.165, 1.54) is 11.0 Å². The second kappa shape index (κ2) is 27.0. The van der Waals surface area contributed by atoms with Gasteiger partial charge in [0.05, 0.1) is 24.6 Å². The number of hydrogen-bond acceptors (Lipinski definition) is 20. The number of carboxylic acid groups (broad SMARTS) is 3. The zero-order valence-corrected chi connectivity index (χ0v) is 39.8. The van der Waals surface area contributed by atoms with Gasteiger partial charge in [0.25, 0.3) is 0 Å². The molecular weight excluding hydrogens is 949 g/mol. The van der Waals surface area contributed by atoms with E-state index in [2.05, 4.69) is 10.6 Å². The number of hydrogen-bond donors (Lipinski definition) is 9. The summed E-state index contributed by atoms with van der Waals surface area (Å²) in [6, 6.07) is 2.55. The molecule has 392 valence electrons. The van der Waals surface area contributed by atoms with E-state index in [1.54, 1.807) is 21.7 Å². The maximum absolute atomic E-state index is 13.2. The van der Waals surface area contributed by atoms with Gasteiger partial charge < -0.3 is 65.5 Å². The average molecular weight is 1020 g/mol. The lowest BCUT2D eigenvalue weighted by Crippen LogP contribution is -2.60. The number of fused-ring (bicyclic) bond motifs is 1. The molecule has 27 heteroatoms. The average Bonchev–Trinajstić information content (AvgIpc) is 3.87. The molecule has 70 heavy (non-hydrogen) atoms. The van der Waals surface area contributed by atoms with Gasteiger partial charge in [-0.3, -0.25) is 53.7 Å². The van der Waals surface area contributed by atoms with Gasteiger partial charge in [0.15, 0.2) is 5.75 Å². The Hall–Kier alpha value is -4.97. The summed E-state index contributed by atoms with van der Waals surface area (Å²) in [5.74, 6) is -2.65. The summed E-state index contributed by atoms with van der Waals surface area (Å²) in [6.07, 6.45) is -6.14. The van der Waals surface area contributed by atoms with Crippen molar-refractivity contribution in [2.45, 2.75) is 86.8 Å². The van der Waals surface area contributed by atoms with Crippen LogP contribution >= 0.6 is 11.8 Å². The lowest BCUT2D eigenvalue weighted by Gasteiger charge is -2.39. The lowest BCUT2D eigenvalue weighted by atomic mass is 9.97. The summed E-state index contributed by atoms with van der Waals surface area (Å²) in [5, 5.41) is 87.6. The maximum Gasteiger partial charge on any atom is 0.407 e. The number of nitrogens with zero attached hydrogens (tertiary/aromatic N) is 6. The molecule has 0 radical (unpaired) electrons. The van der Waals surface area contributed by atoms with Gasteiger partial charge in [0, 0.05) is 109 Å². The molecule has 4 fully saturated rings. The second-order valence-corrected chi connectivity index (χ2v) is 19.2. The van der Waals surface area contributed by atoms with Crippen molar-refractivity contribution >= 4 is 53.3 Å². The van der Waals surface area contributed by atoms with E-state index in [0.717, 1.165) is 30.7 Å². The Balaban J connectivity index is 1.13. The van der Waals surface area contributed by atoms with Crippen molar-refractivity contribution in [2.75, 3.05) is 104 Å². The molecule has 0 saturated carbocycles. The standard InChI is InChI=1S/C43H66N8O18S/c1-46(34(54)5-3-2-4-32-37-27(25-70-32)19-33(53)45-37)20-29(41(62)63)50-16-14-48(21-35(55)56)12-10-47(11-13-49(15-17-50)22-36(57)58)9-8-44-43(64)67-24-26-6-7-30(28(18-26)51(65)66)68-42-40(61)39(60)38(59)31(23-52)69-42/h6-7,18,27,29,31-32,37-40,42,52,59-61H,2-5,8-17,19-25H2,1H3,(H,44,64)(H,45,53)(H,55,56)(H,57,58)(H,62,63)/t27?,29-,31?,32?,37?,38?,39?,40?,42?/m1/s1. The van der Waals surface area contributed by atoms with Gasteiger partial charge in [-0.15, -0.1) is 0 Å². The molecule has 0 aromatic heterocycles. The fraction of sp³-hybridized carbons (Fsp3) is 0.721. The van der Waals surface area contributed by atoms with Crippen molar-refractivity contribution < 1.29 is 83.6 Å². The maximum atomic E-state index is 13.2. The molecule has 1 aromatic rings. The second-order valence-electron chi connectivity index (χ2n) is 17.9. The molecule has 8 unspecified atom stereocenters. The fourth-order valence-corrected chi connectivity index (χ4v) is 10.6. The third kappa shape index (κ3) is 16.6. The first-order valence-corrected chi connectivity index (χ1v) is 24.3. The number of carbonyl (C=O) groups is 6. The fourth-order valence-electron chi connectivity index (χ4n) is 8.91. The third-order valence-corrected chi connectivity index (χ3v) is 14.5. The molecular formula is C43H66N8O18S. The Morgan fingerprint density at radius 1 is 0.943 bits per heavy atom. The first kappa shape index (κ1) is 56.0. The molecule has 4 heterocycles. The molecule has 1 aromatic carbocycles. The third-order valence-electron chi connectivity index (χ3n) is 12.9. The highest BCUT2D eigenvalue weighted by Crippen LogP contribution is 2.39. The number of carbonyl (C=O) groups excluding carboxylic acids is 3. The van der Waals surface area contributed by atoms with Crippen LogP contribution in [0.3, 0.4) is 0 Å². The minimum Gasteiger partial charge on any atom is -0.480 e. The molecule has 4 aliphatic heterocycles. The molecule has 5 rings (SSSR count). The highest BCUT2D eigenvalue weighted by atomic mass is 32.2. The number of nitro benzene ring substituents is 1. The van der Waals surface area contributed by atoms with Gasteiger partial charge in [-0.2, -0.15) is 11.8 Å². The molecule has 9 atom stereocenters. The monoisotopic (exact) mass is 1010 g/mol. The number of ether oxygens (including phenoxy) is 3. The minimum atomic E-state index is -1.82. The number of aliphatic carboxylic acids is 3. The molecule has 0 spiro atoms. The Morgan fingerprint density at radius 2 is 1.59 bits per heavy atom. The van der Waals surface area contributed by atoms with Crippen LogP contribution in [-0.4, -0.2) is 254 Å². The Labute approximate surface area is 407 Å². The van der Waals surface area contributed by atoms with Crippen LogP contribution in [0.5, 0.6) is 5.75 Å². The van der Waals surface area contributed by atoms with Crippen LogP contribution in [0.1, 0.15) is 37.7 Å². The zero-order chi connectivity index (χ0) is 51.1. The van der Waals surface area contributed by atoms with Crippen LogP contribution in [0.2, 0.25) is 0 Å². The topological polar surface area (TPSA) is 355 Å². The molecule has 9 N–H and O–H groups in total. The summed E-state index contributed by atoms with van der Waals surface area (Å²) in [7, 11) is 1.54. The highest BCUT2D eigenvalue weighted by Gasteiger charge is 2.46. The number of alkyl carbamates (subject to hydrolysis) is 1. The summed E-state index contributed by atoms with van der Waals surface area (Å²) in [4.78, 5) is 93.8. The SMILES string of the molecule is CN(C[C@H](C(=O)O)N1CCN(CC(=O)O)CCN(CCNC(=O)OCc2ccc(OC3OC(CO)C(O)C(O)C3O)c([N+](=O)[O-])c2)CCN(CC(=O)O)CC1)C(=O)CCCCC1SCC2CC(=O)NC21. The Kier molecular flexibility index (Phi) is 21.6. The minimum absolute atomic E-state index is 0.0309. The van der Waals surface area contributed by atoms with Crippen LogP contribution in [0.15, 0.2) is 18.2 Å². The number of aliphatic hydroxyl groups is 4. The van der Waals surface area contributed by atoms with E-state index in [1.807, 2.05) is 16.7 Å². The van der Waals surface area contributed by atoms with E-state index >= 15 is 0 Å². The number of unbranched alkanes of at least 4 members (excludes halogenated alkanes) is 1. The predicted molar refractivity (Wildman–Crippen MR) is 246 cm³/mol. The van der Waals surface area contributed by atoms with Gasteiger partial charge in [0.1, 0.15) is 37.1 Å². The van der Waals surface area contributed by atoms with Crippen molar-refractivity contribution in [2.24, 2.45) is 5.92 Å². The normalized spacial score (nSPS) is 26.7. The van der Waals surface area contributed by atoms with Crippen molar-refractivity contribution in [1.29, 1.82) is 0 Å². The smallest absolute Gasteiger partial charge is 0.407 e. The number of rotatable bonds is 22. The summed E-state index contributed by atoms with van der Waals surface area (Å²) in [5.41, 5.74) is -0.425. The lowest BCUT2D eigenvalue weighted by molar-refractivity contribution is -0.387. The predicted octanol–water partition coefficient (Wildman–Crippen LogP) is -2.52. The summed E-state index contributed by atoms with van der Waals surface area (Å²) in [6.45, 7) is -0.356. The van der Waals surface area contributed by atoms with Crippen molar-refractivity contribution in [3.8, 4) is 5.75 Å². The van der Waals surface area contributed by atoms with E-state index in [4.69, 9.17) is 14.2 Å². The number of thioether (sulfide) groups is 1. The van der Waals surface area contributed by atoms with Crippen LogP contribution in [-0.2, 0) is 40.1 Å². The first-order chi connectivity index (χ1) is 33.3. The van der Waals surface area contributed by atoms with Gasteiger partial charge in [-0.1, -0.05) is 12.5 Å². The van der Waals surface area contributed by atoms with E-state index in [-0.39, 0.29) is 121 Å². The molecule has 0 bridgehead atoms.